The van der Waals surface area contributed by atoms with E-state index < -0.39 is 0 Å². The fourth-order valence-electron chi connectivity index (χ4n) is 10.3. The van der Waals surface area contributed by atoms with Gasteiger partial charge in [0.2, 0.25) is 11.6 Å². The third-order valence-electron chi connectivity index (χ3n) is 12.7. The van der Waals surface area contributed by atoms with Gasteiger partial charge in [0.25, 0.3) is 0 Å². The van der Waals surface area contributed by atoms with Crippen LogP contribution < -0.4 is 0 Å². The molecule has 0 saturated heterocycles. The van der Waals surface area contributed by atoms with Gasteiger partial charge < -0.3 is 0 Å². The Kier molecular flexibility index (Phi) is 6.41. The van der Waals surface area contributed by atoms with E-state index in [4.69, 9.17) is 9.97 Å². The molecule has 6 heteroatoms. The van der Waals surface area contributed by atoms with Crippen LogP contribution in [0.25, 0.3) is 100 Å². The van der Waals surface area contributed by atoms with Crippen molar-refractivity contribution in [1.29, 1.82) is 0 Å². The lowest BCUT2D eigenvalue weighted by Crippen LogP contribution is -2.19. The van der Waals surface area contributed by atoms with Crippen LogP contribution in [0, 0.1) is 0 Å². The van der Waals surface area contributed by atoms with Crippen molar-refractivity contribution in [2.75, 3.05) is 0 Å². The van der Waals surface area contributed by atoms with E-state index in [-0.39, 0.29) is 5.41 Å². The van der Waals surface area contributed by atoms with Crippen LogP contribution in [0.15, 0.2) is 182 Å². The summed E-state index contributed by atoms with van der Waals surface area (Å²) in [7, 11) is 0. The molecule has 0 bridgehead atoms. The van der Waals surface area contributed by atoms with Crippen molar-refractivity contribution in [2.24, 2.45) is 0 Å². The molecule has 6 nitrogen and oxygen atoms in total. The maximum atomic E-state index is 5.36. The van der Waals surface area contributed by atoms with Crippen LogP contribution >= 0.6 is 0 Å². The molecule has 0 spiro atoms. The van der Waals surface area contributed by atoms with Gasteiger partial charge in [-0.3, -0.25) is 17.9 Å². The number of nitrogens with zero attached hydrogens (tertiary/aromatic N) is 6. The minimum atomic E-state index is -0.276. The van der Waals surface area contributed by atoms with Crippen LogP contribution in [-0.4, -0.2) is 27.9 Å². The summed E-state index contributed by atoms with van der Waals surface area (Å²) in [6.45, 7) is 4.77. The predicted octanol–water partition coefficient (Wildman–Crippen LogP) is 12.8. The molecule has 0 radical (unpaired) electrons. The SMILES string of the molecule is CC1(C)c2c(-c3ccccc3)cccc2-c2cccc(-n3c4ccc(-c5ccc6c(c5)n5c7ccccc7nc5n6-c5ccccc5)cc4n4c5ccccc5nc34)c21. The van der Waals surface area contributed by atoms with E-state index in [9.17, 15) is 0 Å². The molecule has 0 amide bonds. The Bertz CT molecular complexity index is 3690. The van der Waals surface area contributed by atoms with Crippen molar-refractivity contribution in [3.05, 3.63) is 193 Å². The molecule has 1 aliphatic rings. The smallest absolute Gasteiger partial charge is 0.220 e. The molecule has 0 atom stereocenters. The van der Waals surface area contributed by atoms with Crippen LogP contribution in [-0.2, 0) is 5.41 Å². The van der Waals surface area contributed by atoms with Crippen LogP contribution in [0.3, 0.4) is 0 Å². The highest BCUT2D eigenvalue weighted by molar-refractivity contribution is 5.98. The van der Waals surface area contributed by atoms with Crippen molar-refractivity contribution in [2.45, 2.75) is 19.3 Å². The molecular formula is C53H36N6. The molecule has 4 aromatic heterocycles. The van der Waals surface area contributed by atoms with Gasteiger partial charge in [-0.15, -0.1) is 0 Å². The Morgan fingerprint density at radius 2 is 0.881 bits per heavy atom. The zero-order valence-electron chi connectivity index (χ0n) is 32.5. The number of para-hydroxylation sites is 5. The average molecular weight is 757 g/mol. The standard InChI is InChI=1S/C53H36N6/c1-53(2)49-37(33-15-5-3-6-16-33)19-13-20-38(49)39-21-14-26-46(50(39)53)59-45-30-28-35(32-48(45)58-43-25-12-10-23-41(43)55-52(58)59)34-27-29-44-47(31-34)57-42-24-11-9-22-40(42)54-51(57)56(44)36-17-7-4-8-18-36/h3-32H,1-2H3. The Hall–Kier alpha value is -7.70. The second-order valence-electron chi connectivity index (χ2n) is 16.3. The maximum absolute atomic E-state index is 5.36. The van der Waals surface area contributed by atoms with Gasteiger partial charge in [-0.2, -0.15) is 0 Å². The summed E-state index contributed by atoms with van der Waals surface area (Å²) in [6, 6.07) is 65.6. The molecule has 1 aliphatic carbocycles. The van der Waals surface area contributed by atoms with Crippen molar-refractivity contribution in [3.63, 3.8) is 0 Å². The summed E-state index contributed by atoms with van der Waals surface area (Å²) in [6.07, 6.45) is 0. The lowest BCUT2D eigenvalue weighted by molar-refractivity contribution is 0.658. The molecule has 13 rings (SSSR count). The zero-order valence-corrected chi connectivity index (χ0v) is 32.5. The molecule has 278 valence electrons. The molecule has 12 aromatic rings. The highest BCUT2D eigenvalue weighted by atomic mass is 15.2. The van der Waals surface area contributed by atoms with Gasteiger partial charge in [-0.1, -0.05) is 129 Å². The van der Waals surface area contributed by atoms with Gasteiger partial charge in [0.1, 0.15) is 0 Å². The van der Waals surface area contributed by atoms with Crippen molar-refractivity contribution in [1.82, 2.24) is 27.9 Å². The summed E-state index contributed by atoms with van der Waals surface area (Å²) in [4.78, 5) is 10.5. The van der Waals surface area contributed by atoms with Crippen LogP contribution in [0.4, 0.5) is 0 Å². The van der Waals surface area contributed by atoms with E-state index in [1.165, 1.54) is 33.4 Å². The number of imidazole rings is 4. The lowest BCUT2D eigenvalue weighted by Gasteiger charge is -2.27. The summed E-state index contributed by atoms with van der Waals surface area (Å²) in [5, 5.41) is 0. The van der Waals surface area contributed by atoms with Crippen LogP contribution in [0.1, 0.15) is 25.0 Å². The first-order valence-corrected chi connectivity index (χ1v) is 20.3. The Labute approximate surface area is 339 Å². The minimum Gasteiger partial charge on any atom is -0.278 e. The quantitative estimate of drug-likeness (QED) is 0.179. The third-order valence-corrected chi connectivity index (χ3v) is 12.7. The number of aromatic nitrogens is 6. The summed E-state index contributed by atoms with van der Waals surface area (Å²) >= 11 is 0. The largest absolute Gasteiger partial charge is 0.278 e. The summed E-state index contributed by atoms with van der Waals surface area (Å²) in [5.41, 5.74) is 20.6. The monoisotopic (exact) mass is 756 g/mol. The zero-order chi connectivity index (χ0) is 39.0. The van der Waals surface area contributed by atoms with Crippen molar-refractivity contribution in [3.8, 4) is 44.8 Å². The Morgan fingerprint density at radius 3 is 1.53 bits per heavy atom. The fraction of sp³-hybridized carbons (Fsp3) is 0.0566. The van der Waals surface area contributed by atoms with Gasteiger partial charge in [0.15, 0.2) is 0 Å². The molecule has 0 N–H and O–H groups in total. The van der Waals surface area contributed by atoms with Gasteiger partial charge in [-0.25, -0.2) is 9.97 Å². The van der Waals surface area contributed by atoms with Gasteiger partial charge in [0, 0.05) is 11.1 Å². The number of hydrogen-bond acceptors (Lipinski definition) is 2. The molecule has 8 aromatic carbocycles. The third kappa shape index (κ3) is 4.35. The van der Waals surface area contributed by atoms with Gasteiger partial charge >= 0.3 is 0 Å². The number of fused-ring (bicyclic) bond motifs is 13. The number of rotatable bonds is 4. The van der Waals surface area contributed by atoms with Crippen molar-refractivity contribution < 1.29 is 0 Å². The highest BCUT2D eigenvalue weighted by Crippen LogP contribution is 2.54. The topological polar surface area (TPSA) is 44.5 Å². The van der Waals surface area contributed by atoms with Gasteiger partial charge in [-0.05, 0) is 111 Å². The molecule has 4 heterocycles. The van der Waals surface area contributed by atoms with E-state index in [0.717, 1.165) is 78.2 Å². The summed E-state index contributed by atoms with van der Waals surface area (Å²) in [5.74, 6) is 1.81. The minimum absolute atomic E-state index is 0.276. The molecular weight excluding hydrogens is 721 g/mol. The second-order valence-corrected chi connectivity index (χ2v) is 16.3. The number of hydrogen-bond donors (Lipinski definition) is 0. The molecule has 0 aliphatic heterocycles. The van der Waals surface area contributed by atoms with Crippen LogP contribution in [0.2, 0.25) is 0 Å². The lowest BCUT2D eigenvalue weighted by atomic mass is 9.78. The van der Waals surface area contributed by atoms with E-state index >= 15 is 0 Å². The van der Waals surface area contributed by atoms with Gasteiger partial charge in [0.05, 0.1) is 49.8 Å². The predicted molar refractivity (Wildman–Crippen MR) is 241 cm³/mol. The van der Waals surface area contributed by atoms with Crippen molar-refractivity contribution >= 4 is 55.7 Å². The molecule has 0 fully saturated rings. The molecule has 0 unspecified atom stereocenters. The first-order valence-electron chi connectivity index (χ1n) is 20.3. The van der Waals surface area contributed by atoms with Crippen LogP contribution in [0.5, 0.6) is 0 Å². The molecule has 59 heavy (non-hydrogen) atoms. The second kappa shape index (κ2) is 11.7. The highest BCUT2D eigenvalue weighted by Gasteiger charge is 2.40. The first kappa shape index (κ1) is 32.4. The maximum Gasteiger partial charge on any atom is 0.220 e. The Morgan fingerprint density at radius 1 is 0.373 bits per heavy atom. The van der Waals surface area contributed by atoms with E-state index in [1.807, 2.05) is 0 Å². The Balaban J connectivity index is 1.05. The number of benzene rings is 8. The fourth-order valence-corrected chi connectivity index (χ4v) is 10.3. The van der Waals surface area contributed by atoms with E-state index in [2.05, 4.69) is 214 Å². The average Bonchev–Trinajstić information content (AvgIpc) is 4.06. The summed E-state index contributed by atoms with van der Waals surface area (Å²) < 4.78 is 9.32. The molecule has 0 saturated carbocycles. The van der Waals surface area contributed by atoms with E-state index in [1.54, 1.807) is 0 Å². The normalized spacial score (nSPS) is 13.4. The first-order chi connectivity index (χ1) is 29.0. The van der Waals surface area contributed by atoms with E-state index in [0.29, 0.717) is 0 Å².